The maximum Gasteiger partial charge on any atom is 0.240 e. The van der Waals surface area contributed by atoms with Gasteiger partial charge in [0.15, 0.2) is 0 Å². The summed E-state index contributed by atoms with van der Waals surface area (Å²) in [6.45, 7) is 2.67. The van der Waals surface area contributed by atoms with Crippen LogP contribution in [0.4, 0.5) is 0 Å². The van der Waals surface area contributed by atoms with Crippen LogP contribution in [0.1, 0.15) is 43.2 Å². The first-order valence-electron chi connectivity index (χ1n) is 10.0. The monoisotopic (exact) mass is 429 g/mol. The van der Waals surface area contributed by atoms with Crippen LogP contribution in [0.5, 0.6) is 0 Å². The van der Waals surface area contributed by atoms with Gasteiger partial charge < -0.3 is 10.2 Å². The Morgan fingerprint density at radius 2 is 1.82 bits per heavy atom. The Morgan fingerprint density at radius 3 is 2.50 bits per heavy atom. The van der Waals surface area contributed by atoms with Gasteiger partial charge in [0.25, 0.3) is 0 Å². The minimum absolute atomic E-state index is 0. The molecule has 158 valence electrons. The van der Waals surface area contributed by atoms with Crippen LogP contribution in [0, 0.1) is 5.92 Å². The summed E-state index contributed by atoms with van der Waals surface area (Å²) in [4.78, 5) is 14.5. The van der Waals surface area contributed by atoms with Crippen molar-refractivity contribution in [2.75, 3.05) is 33.2 Å². The summed E-state index contributed by atoms with van der Waals surface area (Å²) in [7, 11) is -1.61. The topological polar surface area (TPSA) is 78.5 Å². The molecule has 1 fully saturated rings. The number of nitrogens with zero attached hydrogens (tertiary/aromatic N) is 1. The molecule has 0 unspecified atom stereocenters. The third-order valence-electron chi connectivity index (χ3n) is 5.72. The standard InChI is InChI=1S/C20H31N3O3S.ClH/c1-21-15-16-9-12-23(13-10-16)20(24)8-11-22-27(25,26)19-7-6-17-4-2-3-5-18(17)14-19;/h6-7,14,16,21-22H,2-5,8-13,15H2,1H3;1H. The fourth-order valence-corrected chi connectivity index (χ4v) is 5.17. The highest BCUT2D eigenvalue weighted by Gasteiger charge is 2.23. The summed E-state index contributed by atoms with van der Waals surface area (Å²) in [5.41, 5.74) is 2.40. The zero-order chi connectivity index (χ0) is 19.3. The molecule has 0 radical (unpaired) electrons. The van der Waals surface area contributed by atoms with Crippen molar-refractivity contribution in [3.05, 3.63) is 29.3 Å². The molecule has 1 heterocycles. The fourth-order valence-electron chi connectivity index (χ4n) is 4.09. The largest absolute Gasteiger partial charge is 0.343 e. The molecule has 2 N–H and O–H groups in total. The smallest absolute Gasteiger partial charge is 0.240 e. The van der Waals surface area contributed by atoms with Gasteiger partial charge in [-0.1, -0.05) is 6.07 Å². The summed E-state index contributed by atoms with van der Waals surface area (Å²) in [6, 6.07) is 5.41. The Morgan fingerprint density at radius 1 is 1.14 bits per heavy atom. The van der Waals surface area contributed by atoms with Crippen LogP contribution in [-0.4, -0.2) is 52.5 Å². The molecule has 0 atom stereocenters. The Bertz CT molecular complexity index is 762. The van der Waals surface area contributed by atoms with Crippen LogP contribution in [0.15, 0.2) is 23.1 Å². The van der Waals surface area contributed by atoms with Crippen molar-refractivity contribution in [3.63, 3.8) is 0 Å². The number of likely N-dealkylation sites (tertiary alicyclic amines) is 1. The van der Waals surface area contributed by atoms with E-state index in [2.05, 4.69) is 10.0 Å². The number of nitrogens with one attached hydrogen (secondary N) is 2. The van der Waals surface area contributed by atoms with Crippen molar-refractivity contribution < 1.29 is 13.2 Å². The quantitative estimate of drug-likeness (QED) is 0.695. The maximum absolute atomic E-state index is 12.5. The lowest BCUT2D eigenvalue weighted by atomic mass is 9.92. The van der Waals surface area contributed by atoms with Gasteiger partial charge in [-0.3, -0.25) is 4.79 Å². The van der Waals surface area contributed by atoms with Crippen molar-refractivity contribution >= 4 is 28.3 Å². The molecule has 3 rings (SSSR count). The van der Waals surface area contributed by atoms with Gasteiger partial charge in [-0.15, -0.1) is 12.4 Å². The third-order valence-corrected chi connectivity index (χ3v) is 7.18. The first-order chi connectivity index (χ1) is 13.0. The van der Waals surface area contributed by atoms with Crippen LogP contribution in [0.2, 0.25) is 0 Å². The lowest BCUT2D eigenvalue weighted by Gasteiger charge is -2.32. The molecule has 1 aliphatic carbocycles. The van der Waals surface area contributed by atoms with E-state index < -0.39 is 10.0 Å². The summed E-state index contributed by atoms with van der Waals surface area (Å²) < 4.78 is 27.7. The Balaban J connectivity index is 0.00000280. The van der Waals surface area contributed by atoms with Gasteiger partial charge in [-0.2, -0.15) is 0 Å². The molecule has 28 heavy (non-hydrogen) atoms. The SMILES string of the molecule is CNCC1CCN(C(=O)CCNS(=O)(=O)c2ccc3c(c2)CCCC3)CC1.Cl. The van der Waals surface area contributed by atoms with E-state index in [0.717, 1.165) is 57.3 Å². The predicted octanol–water partition coefficient (Wildman–Crippen LogP) is 2.11. The number of fused-ring (bicyclic) bond motifs is 1. The number of piperidine rings is 1. The van der Waals surface area contributed by atoms with E-state index in [4.69, 9.17) is 0 Å². The van der Waals surface area contributed by atoms with E-state index in [1.54, 1.807) is 12.1 Å². The summed E-state index contributed by atoms with van der Waals surface area (Å²) >= 11 is 0. The lowest BCUT2D eigenvalue weighted by Crippen LogP contribution is -2.41. The van der Waals surface area contributed by atoms with E-state index in [9.17, 15) is 13.2 Å². The zero-order valence-electron chi connectivity index (χ0n) is 16.6. The van der Waals surface area contributed by atoms with E-state index in [1.807, 2.05) is 18.0 Å². The van der Waals surface area contributed by atoms with Crippen LogP contribution >= 0.6 is 12.4 Å². The molecule has 1 aromatic rings. The molecule has 1 aromatic carbocycles. The van der Waals surface area contributed by atoms with Crippen molar-refractivity contribution in [2.24, 2.45) is 5.92 Å². The van der Waals surface area contributed by atoms with Crippen LogP contribution in [0.3, 0.4) is 0 Å². The molecule has 1 saturated heterocycles. The summed E-state index contributed by atoms with van der Waals surface area (Å²) in [6.07, 6.45) is 6.49. The number of sulfonamides is 1. The number of carbonyl (C=O) groups is 1. The van der Waals surface area contributed by atoms with E-state index in [-0.39, 0.29) is 31.3 Å². The van der Waals surface area contributed by atoms with Crippen molar-refractivity contribution in [1.82, 2.24) is 14.9 Å². The highest BCUT2D eigenvalue weighted by atomic mass is 35.5. The number of amides is 1. The molecule has 0 aromatic heterocycles. The van der Waals surface area contributed by atoms with Crippen molar-refractivity contribution in [3.8, 4) is 0 Å². The van der Waals surface area contributed by atoms with Gasteiger partial charge in [-0.25, -0.2) is 13.1 Å². The minimum Gasteiger partial charge on any atom is -0.343 e. The highest BCUT2D eigenvalue weighted by Crippen LogP contribution is 2.24. The molecule has 2 aliphatic rings. The average Bonchev–Trinajstić information content (AvgIpc) is 2.68. The number of hydrogen-bond donors (Lipinski definition) is 2. The second-order valence-corrected chi connectivity index (χ2v) is 9.43. The first-order valence-corrected chi connectivity index (χ1v) is 11.5. The van der Waals surface area contributed by atoms with Crippen molar-refractivity contribution in [1.29, 1.82) is 0 Å². The molecule has 8 heteroatoms. The van der Waals surface area contributed by atoms with Crippen LogP contribution < -0.4 is 10.0 Å². The second-order valence-electron chi connectivity index (χ2n) is 7.67. The molecule has 1 amide bonds. The van der Waals surface area contributed by atoms with Gasteiger partial charge in [0.1, 0.15) is 0 Å². The van der Waals surface area contributed by atoms with Crippen LogP contribution in [0.25, 0.3) is 0 Å². The second kappa shape index (κ2) is 10.6. The number of rotatable bonds is 7. The maximum atomic E-state index is 12.5. The first kappa shape index (κ1) is 23.1. The minimum atomic E-state index is -3.57. The van der Waals surface area contributed by atoms with Crippen LogP contribution in [-0.2, 0) is 27.7 Å². The third kappa shape index (κ3) is 5.92. The van der Waals surface area contributed by atoms with Gasteiger partial charge in [0.05, 0.1) is 4.90 Å². The van der Waals surface area contributed by atoms with Crippen molar-refractivity contribution in [2.45, 2.75) is 49.8 Å². The Hall–Kier alpha value is -1.15. The van der Waals surface area contributed by atoms with E-state index in [0.29, 0.717) is 10.8 Å². The normalized spacial score (nSPS) is 17.7. The molecular formula is C20H32ClN3O3S. The predicted molar refractivity (Wildman–Crippen MR) is 113 cm³/mol. The average molecular weight is 430 g/mol. The van der Waals surface area contributed by atoms with Gasteiger partial charge in [0, 0.05) is 26.1 Å². The molecule has 0 saturated carbocycles. The number of aryl methyl sites for hydroxylation is 2. The Kier molecular flexibility index (Phi) is 8.74. The summed E-state index contributed by atoms with van der Waals surface area (Å²) in [5.74, 6) is 0.660. The number of hydrogen-bond acceptors (Lipinski definition) is 4. The lowest BCUT2D eigenvalue weighted by molar-refractivity contribution is -0.132. The molecule has 0 spiro atoms. The molecule has 6 nitrogen and oxygen atoms in total. The summed E-state index contributed by atoms with van der Waals surface area (Å²) in [5, 5.41) is 3.19. The molecule has 0 bridgehead atoms. The van der Waals surface area contributed by atoms with Gasteiger partial charge in [-0.05, 0) is 81.3 Å². The number of benzene rings is 1. The molecule has 1 aliphatic heterocycles. The van der Waals surface area contributed by atoms with Gasteiger partial charge >= 0.3 is 0 Å². The zero-order valence-corrected chi connectivity index (χ0v) is 18.2. The number of carbonyl (C=O) groups excluding carboxylic acids is 1. The fraction of sp³-hybridized carbons (Fsp3) is 0.650. The van der Waals surface area contributed by atoms with E-state index in [1.165, 1.54) is 12.0 Å². The van der Waals surface area contributed by atoms with E-state index >= 15 is 0 Å². The highest BCUT2D eigenvalue weighted by molar-refractivity contribution is 7.89. The van der Waals surface area contributed by atoms with Gasteiger partial charge in [0.2, 0.25) is 15.9 Å². The number of halogens is 1. The molecular weight excluding hydrogens is 398 g/mol. The Labute approximate surface area is 174 Å².